The summed E-state index contributed by atoms with van der Waals surface area (Å²) in [7, 11) is 0. The van der Waals surface area contributed by atoms with E-state index in [1.165, 1.54) is 11.1 Å². The minimum Gasteiger partial charge on any atom is -0.392 e. The molecule has 110 valence electrons. The van der Waals surface area contributed by atoms with Crippen LogP contribution < -0.4 is 0 Å². The fourth-order valence-electron chi connectivity index (χ4n) is 2.13. The molecule has 1 atom stereocenters. The number of aliphatic hydroxyl groups is 1. The maximum absolute atomic E-state index is 9.56. The van der Waals surface area contributed by atoms with Gasteiger partial charge in [0.05, 0.1) is 6.10 Å². The van der Waals surface area contributed by atoms with Crippen molar-refractivity contribution in [1.82, 2.24) is 4.90 Å². The molecule has 2 rings (SSSR count). The first-order chi connectivity index (χ1) is 9.24. The highest BCUT2D eigenvalue weighted by molar-refractivity contribution is 5.21. The number of hydrogen-bond donors (Lipinski definition) is 1. The van der Waals surface area contributed by atoms with Crippen LogP contribution in [-0.2, 0) is 6.54 Å². The van der Waals surface area contributed by atoms with Crippen LogP contribution in [0.15, 0.2) is 24.3 Å². The maximum Gasteiger partial charge on any atom is 0.0667 e. The van der Waals surface area contributed by atoms with Gasteiger partial charge in [0.2, 0.25) is 0 Å². The molecule has 0 aliphatic carbocycles. The normalized spacial score (nSPS) is 18.7. The first-order valence-corrected chi connectivity index (χ1v) is 7.70. The van der Waals surface area contributed by atoms with Gasteiger partial charge in [0.1, 0.15) is 0 Å². The van der Waals surface area contributed by atoms with Crippen LogP contribution in [-0.4, -0.2) is 29.2 Å². The topological polar surface area (TPSA) is 23.5 Å². The summed E-state index contributed by atoms with van der Waals surface area (Å²) in [6, 6.07) is 8.65. The van der Waals surface area contributed by atoms with Crippen LogP contribution in [0.4, 0.5) is 0 Å². The van der Waals surface area contributed by atoms with E-state index in [2.05, 4.69) is 36.1 Å². The Kier molecular flexibility index (Phi) is 10.5. The van der Waals surface area contributed by atoms with E-state index in [-0.39, 0.29) is 6.10 Å². The van der Waals surface area contributed by atoms with E-state index in [1.807, 2.05) is 27.7 Å². The zero-order valence-electron chi connectivity index (χ0n) is 13.3. The average Bonchev–Trinajstić information content (AvgIpc) is 2.46. The molecule has 1 fully saturated rings. The van der Waals surface area contributed by atoms with Crippen molar-refractivity contribution < 1.29 is 5.11 Å². The average molecular weight is 265 g/mol. The van der Waals surface area contributed by atoms with Crippen molar-refractivity contribution in [2.45, 2.75) is 60.1 Å². The molecule has 0 bridgehead atoms. The lowest BCUT2D eigenvalue weighted by molar-refractivity contribution is 0.0668. The van der Waals surface area contributed by atoms with E-state index in [0.29, 0.717) is 0 Å². The number of aliphatic hydroxyl groups excluding tert-OH is 1. The second-order valence-corrected chi connectivity index (χ2v) is 4.52. The van der Waals surface area contributed by atoms with Crippen LogP contribution in [0, 0.1) is 6.92 Å². The molecule has 1 aromatic rings. The molecule has 0 saturated carbocycles. The SMILES string of the molecule is CC.CC.Cc1ccc(CN2CCCC(O)C2)cc1. The van der Waals surface area contributed by atoms with Crippen molar-refractivity contribution in [1.29, 1.82) is 0 Å². The van der Waals surface area contributed by atoms with Gasteiger partial charge in [-0.25, -0.2) is 0 Å². The summed E-state index contributed by atoms with van der Waals surface area (Å²) >= 11 is 0. The highest BCUT2D eigenvalue weighted by Crippen LogP contribution is 2.13. The Morgan fingerprint density at radius 2 is 1.68 bits per heavy atom. The van der Waals surface area contributed by atoms with Crippen molar-refractivity contribution in [2.24, 2.45) is 0 Å². The summed E-state index contributed by atoms with van der Waals surface area (Å²) in [5.41, 5.74) is 2.65. The van der Waals surface area contributed by atoms with Crippen LogP contribution >= 0.6 is 0 Å². The number of benzene rings is 1. The number of hydrogen-bond acceptors (Lipinski definition) is 2. The van der Waals surface area contributed by atoms with Crippen molar-refractivity contribution >= 4 is 0 Å². The van der Waals surface area contributed by atoms with Crippen LogP contribution in [0.25, 0.3) is 0 Å². The molecular formula is C17H31NO. The molecule has 19 heavy (non-hydrogen) atoms. The van der Waals surface area contributed by atoms with E-state index in [9.17, 15) is 5.11 Å². The second kappa shape index (κ2) is 11.0. The highest BCUT2D eigenvalue weighted by Gasteiger charge is 2.17. The van der Waals surface area contributed by atoms with Gasteiger partial charge in [0.25, 0.3) is 0 Å². The predicted molar refractivity (Wildman–Crippen MR) is 84.4 cm³/mol. The minimum absolute atomic E-state index is 0.121. The van der Waals surface area contributed by atoms with Crippen molar-refractivity contribution in [2.75, 3.05) is 13.1 Å². The van der Waals surface area contributed by atoms with Gasteiger partial charge in [0.15, 0.2) is 0 Å². The van der Waals surface area contributed by atoms with Crippen molar-refractivity contribution in [3.63, 3.8) is 0 Å². The molecule has 1 aromatic carbocycles. The first-order valence-electron chi connectivity index (χ1n) is 7.70. The monoisotopic (exact) mass is 265 g/mol. The quantitative estimate of drug-likeness (QED) is 0.873. The van der Waals surface area contributed by atoms with Crippen LogP contribution in [0.2, 0.25) is 0 Å². The zero-order chi connectivity index (χ0) is 14.7. The van der Waals surface area contributed by atoms with Gasteiger partial charge >= 0.3 is 0 Å². The van der Waals surface area contributed by atoms with Gasteiger partial charge in [-0.15, -0.1) is 0 Å². The lowest BCUT2D eigenvalue weighted by atomic mass is 10.1. The highest BCUT2D eigenvalue weighted by atomic mass is 16.3. The Labute approximate surface area is 119 Å². The third-order valence-corrected chi connectivity index (χ3v) is 3.01. The van der Waals surface area contributed by atoms with Gasteiger partial charge in [-0.05, 0) is 31.9 Å². The molecule has 0 aromatic heterocycles. The summed E-state index contributed by atoms with van der Waals surface area (Å²) < 4.78 is 0. The number of likely N-dealkylation sites (tertiary alicyclic amines) is 1. The van der Waals surface area contributed by atoms with Crippen molar-refractivity contribution in [3.8, 4) is 0 Å². The molecule has 1 aliphatic rings. The number of β-amino-alcohol motifs (C(OH)–C–C–N with tert-alkyl or cyclic N) is 1. The van der Waals surface area contributed by atoms with E-state index in [0.717, 1.165) is 32.5 Å². The second-order valence-electron chi connectivity index (χ2n) is 4.52. The van der Waals surface area contributed by atoms with Gasteiger partial charge < -0.3 is 5.11 Å². The number of piperidine rings is 1. The molecule has 1 heterocycles. The molecule has 0 spiro atoms. The molecule has 1 unspecified atom stereocenters. The van der Waals surface area contributed by atoms with E-state index in [4.69, 9.17) is 0 Å². The molecular weight excluding hydrogens is 234 g/mol. The van der Waals surface area contributed by atoms with Crippen LogP contribution in [0.3, 0.4) is 0 Å². The lowest BCUT2D eigenvalue weighted by Gasteiger charge is -2.29. The van der Waals surface area contributed by atoms with E-state index >= 15 is 0 Å². The van der Waals surface area contributed by atoms with E-state index in [1.54, 1.807) is 0 Å². The Hall–Kier alpha value is -0.860. The van der Waals surface area contributed by atoms with E-state index < -0.39 is 0 Å². The smallest absolute Gasteiger partial charge is 0.0667 e. The first kappa shape index (κ1) is 18.1. The fraction of sp³-hybridized carbons (Fsp3) is 0.647. The number of rotatable bonds is 2. The Bertz CT molecular complexity index is 308. The van der Waals surface area contributed by atoms with Gasteiger partial charge in [-0.3, -0.25) is 4.90 Å². The molecule has 2 heteroatoms. The van der Waals surface area contributed by atoms with Gasteiger partial charge in [-0.1, -0.05) is 57.5 Å². The number of nitrogens with zero attached hydrogens (tertiary/aromatic N) is 1. The summed E-state index contributed by atoms with van der Waals surface area (Å²) in [4.78, 5) is 2.33. The van der Waals surface area contributed by atoms with Crippen LogP contribution in [0.1, 0.15) is 51.7 Å². The predicted octanol–water partition coefficient (Wildman–Crippen LogP) is 4.00. The number of aryl methyl sites for hydroxylation is 1. The molecule has 1 N–H and O–H groups in total. The third kappa shape index (κ3) is 7.34. The summed E-state index contributed by atoms with van der Waals surface area (Å²) in [5, 5.41) is 9.56. The lowest BCUT2D eigenvalue weighted by Crippen LogP contribution is -2.37. The largest absolute Gasteiger partial charge is 0.392 e. The fourth-order valence-corrected chi connectivity index (χ4v) is 2.13. The maximum atomic E-state index is 9.56. The summed E-state index contributed by atoms with van der Waals surface area (Å²) in [6.45, 7) is 13.0. The Morgan fingerprint density at radius 1 is 1.11 bits per heavy atom. The summed E-state index contributed by atoms with van der Waals surface area (Å²) in [6.07, 6.45) is 1.96. The van der Waals surface area contributed by atoms with Gasteiger partial charge in [0, 0.05) is 13.1 Å². The Balaban J connectivity index is 0.000000741. The minimum atomic E-state index is -0.121. The van der Waals surface area contributed by atoms with Gasteiger partial charge in [-0.2, -0.15) is 0 Å². The molecule has 1 saturated heterocycles. The Morgan fingerprint density at radius 3 is 2.21 bits per heavy atom. The third-order valence-electron chi connectivity index (χ3n) is 3.01. The molecule has 2 nitrogen and oxygen atoms in total. The standard InChI is InChI=1S/C13H19NO.2C2H6/c1-11-4-6-12(7-5-11)9-14-8-2-3-13(15)10-14;2*1-2/h4-7,13,15H,2-3,8-10H2,1H3;2*1-2H3. The van der Waals surface area contributed by atoms with Crippen LogP contribution in [0.5, 0.6) is 0 Å². The molecule has 1 aliphatic heterocycles. The summed E-state index contributed by atoms with van der Waals surface area (Å²) in [5.74, 6) is 0. The van der Waals surface area contributed by atoms with Crippen molar-refractivity contribution in [3.05, 3.63) is 35.4 Å². The zero-order valence-corrected chi connectivity index (χ0v) is 13.3. The molecule has 0 amide bonds. The molecule has 0 radical (unpaired) electrons.